The first-order valence-corrected chi connectivity index (χ1v) is 9.35. The molecule has 1 aliphatic heterocycles. The Morgan fingerprint density at radius 1 is 1.20 bits per heavy atom. The van der Waals surface area contributed by atoms with Crippen molar-refractivity contribution in [2.24, 2.45) is 13.0 Å². The number of nitrogens with zero attached hydrogens (tertiary/aromatic N) is 4. The molecule has 0 aliphatic carbocycles. The number of amides is 3. The second-order valence-electron chi connectivity index (χ2n) is 6.76. The van der Waals surface area contributed by atoms with Crippen LogP contribution in [-0.4, -0.2) is 44.9 Å². The van der Waals surface area contributed by atoms with Crippen LogP contribution in [0.15, 0.2) is 49.1 Å². The Kier molecular flexibility index (Phi) is 5.66. The highest BCUT2D eigenvalue weighted by atomic mass is 16.5. The summed E-state index contributed by atoms with van der Waals surface area (Å²) in [5, 5.41) is 8.96. The quantitative estimate of drug-likeness (QED) is 0.665. The summed E-state index contributed by atoms with van der Waals surface area (Å²) in [6, 6.07) is 6.15. The van der Waals surface area contributed by atoms with Gasteiger partial charge in [-0.05, 0) is 24.6 Å². The fraction of sp³-hybridized carbons (Fsp3) is 0.250. The lowest BCUT2D eigenvalue weighted by molar-refractivity contribution is -0.123. The molecule has 30 heavy (non-hydrogen) atoms. The van der Waals surface area contributed by atoms with E-state index in [1.807, 2.05) is 13.2 Å². The van der Waals surface area contributed by atoms with Crippen molar-refractivity contribution in [1.82, 2.24) is 25.1 Å². The summed E-state index contributed by atoms with van der Waals surface area (Å²) in [7, 11) is 1.84. The molecule has 1 fully saturated rings. The van der Waals surface area contributed by atoms with Crippen molar-refractivity contribution < 1.29 is 19.1 Å². The van der Waals surface area contributed by atoms with E-state index >= 15 is 0 Å². The first-order valence-electron chi connectivity index (χ1n) is 9.35. The van der Waals surface area contributed by atoms with Gasteiger partial charge in [0.1, 0.15) is 17.3 Å². The minimum atomic E-state index is -0.636. The molecule has 10 heteroatoms. The lowest BCUT2D eigenvalue weighted by Gasteiger charge is -2.10. The maximum Gasteiger partial charge on any atom is 0.327 e. The highest BCUT2D eigenvalue weighted by Gasteiger charge is 2.24. The van der Waals surface area contributed by atoms with Crippen molar-refractivity contribution in [1.29, 1.82) is 0 Å². The zero-order valence-electron chi connectivity index (χ0n) is 16.2. The summed E-state index contributed by atoms with van der Waals surface area (Å²) in [6.07, 6.45) is 7.33. The van der Waals surface area contributed by atoms with Crippen LogP contribution in [0.2, 0.25) is 0 Å². The Hall–Kier alpha value is -3.79. The Labute approximate surface area is 172 Å². The van der Waals surface area contributed by atoms with Crippen LogP contribution < -0.4 is 15.4 Å². The summed E-state index contributed by atoms with van der Waals surface area (Å²) < 4.78 is 12.7. The number of aromatic nitrogens is 4. The van der Waals surface area contributed by atoms with Crippen LogP contribution in [0.5, 0.6) is 11.5 Å². The van der Waals surface area contributed by atoms with E-state index in [0.717, 1.165) is 11.3 Å². The number of ether oxygens (including phenoxy) is 2. The smallest absolute Gasteiger partial charge is 0.327 e. The van der Waals surface area contributed by atoms with E-state index in [1.54, 1.807) is 41.3 Å². The third-order valence-electron chi connectivity index (χ3n) is 4.48. The molecule has 3 aromatic rings. The predicted molar refractivity (Wildman–Crippen MR) is 107 cm³/mol. The summed E-state index contributed by atoms with van der Waals surface area (Å²) in [5.74, 6) is 0.724. The molecule has 0 bridgehead atoms. The molecule has 1 aliphatic rings. The fourth-order valence-corrected chi connectivity index (χ4v) is 2.94. The molecule has 4 rings (SSSR count). The third-order valence-corrected chi connectivity index (χ3v) is 4.48. The molecular weight excluding hydrogens is 388 g/mol. The summed E-state index contributed by atoms with van der Waals surface area (Å²) in [5.41, 5.74) is 1.62. The number of carbonyl (C=O) groups is 2. The van der Waals surface area contributed by atoms with Crippen LogP contribution >= 0.6 is 0 Å². The molecule has 0 saturated carbocycles. The number of pyridine rings is 2. The van der Waals surface area contributed by atoms with Gasteiger partial charge in [-0.2, -0.15) is 5.10 Å². The van der Waals surface area contributed by atoms with E-state index in [4.69, 9.17) is 9.47 Å². The fourth-order valence-electron chi connectivity index (χ4n) is 2.94. The second kappa shape index (κ2) is 8.70. The Bertz CT molecular complexity index is 1040. The van der Waals surface area contributed by atoms with Crippen molar-refractivity contribution in [3.63, 3.8) is 0 Å². The molecule has 1 unspecified atom stereocenters. The second-order valence-corrected chi connectivity index (χ2v) is 6.76. The van der Waals surface area contributed by atoms with Gasteiger partial charge < -0.3 is 9.47 Å². The van der Waals surface area contributed by atoms with Gasteiger partial charge in [-0.25, -0.2) is 9.78 Å². The molecule has 1 saturated heterocycles. The minimum Gasteiger partial charge on any atom is -0.456 e. The van der Waals surface area contributed by atoms with Gasteiger partial charge in [0.05, 0.1) is 30.6 Å². The first kappa shape index (κ1) is 19.5. The largest absolute Gasteiger partial charge is 0.456 e. The Morgan fingerprint density at radius 2 is 2.10 bits per heavy atom. The zero-order chi connectivity index (χ0) is 20.9. The number of carbonyl (C=O) groups excluding carboxylic acids is 2. The SMILES string of the molecule is Cn1cc(-c2cc(Oc3ccc(NC(=O)NC(=O)C4CCOC4)nc3)ccn2)cn1. The van der Waals surface area contributed by atoms with Crippen LogP contribution in [0.4, 0.5) is 10.6 Å². The van der Waals surface area contributed by atoms with Crippen LogP contribution in [-0.2, 0) is 16.6 Å². The first-order chi connectivity index (χ1) is 14.6. The lowest BCUT2D eigenvalue weighted by Crippen LogP contribution is -2.38. The maximum absolute atomic E-state index is 12.0. The molecule has 2 N–H and O–H groups in total. The standard InChI is InChI=1S/C20H20N6O4/c1-26-11-14(9-23-26)17-8-15(4-6-21-17)30-16-2-3-18(22-10-16)24-20(28)25-19(27)13-5-7-29-12-13/h2-4,6,8-11,13H,5,7,12H2,1H3,(H2,22,24,25,27,28). The van der Waals surface area contributed by atoms with Crippen molar-refractivity contribution in [2.45, 2.75) is 6.42 Å². The van der Waals surface area contributed by atoms with E-state index in [9.17, 15) is 9.59 Å². The Morgan fingerprint density at radius 3 is 2.80 bits per heavy atom. The normalized spacial score (nSPS) is 15.6. The molecule has 154 valence electrons. The van der Waals surface area contributed by atoms with Gasteiger partial charge in [0, 0.05) is 37.7 Å². The average Bonchev–Trinajstić information content (AvgIpc) is 3.42. The summed E-state index contributed by atoms with van der Waals surface area (Å²) in [6.45, 7) is 0.866. The monoisotopic (exact) mass is 408 g/mol. The van der Waals surface area contributed by atoms with Gasteiger partial charge in [0.2, 0.25) is 5.91 Å². The molecule has 0 spiro atoms. The third kappa shape index (κ3) is 4.78. The Balaban J connectivity index is 1.34. The summed E-state index contributed by atoms with van der Waals surface area (Å²) >= 11 is 0. The van der Waals surface area contributed by atoms with Crippen LogP contribution in [0.3, 0.4) is 0 Å². The topological polar surface area (TPSA) is 120 Å². The molecule has 3 amide bonds. The predicted octanol–water partition coefficient (Wildman–Crippen LogP) is 2.35. The van der Waals surface area contributed by atoms with Gasteiger partial charge >= 0.3 is 6.03 Å². The molecule has 4 heterocycles. The number of hydrogen-bond acceptors (Lipinski definition) is 7. The van der Waals surface area contributed by atoms with Crippen LogP contribution in [0, 0.1) is 5.92 Å². The number of aryl methyl sites for hydroxylation is 1. The average molecular weight is 408 g/mol. The molecule has 10 nitrogen and oxygen atoms in total. The molecule has 0 aromatic carbocycles. The van der Waals surface area contributed by atoms with E-state index in [2.05, 4.69) is 25.7 Å². The van der Waals surface area contributed by atoms with Gasteiger partial charge in [-0.3, -0.25) is 25.1 Å². The van der Waals surface area contributed by atoms with E-state index in [1.165, 1.54) is 6.20 Å². The lowest BCUT2D eigenvalue weighted by atomic mass is 10.1. The number of urea groups is 1. The number of rotatable bonds is 5. The zero-order valence-corrected chi connectivity index (χ0v) is 16.2. The number of nitrogens with one attached hydrogen (secondary N) is 2. The van der Waals surface area contributed by atoms with Gasteiger partial charge in [0.15, 0.2) is 0 Å². The highest BCUT2D eigenvalue weighted by Crippen LogP contribution is 2.25. The van der Waals surface area contributed by atoms with Gasteiger partial charge in [-0.15, -0.1) is 0 Å². The van der Waals surface area contributed by atoms with Crippen molar-refractivity contribution in [3.8, 4) is 22.8 Å². The minimum absolute atomic E-state index is 0.293. The van der Waals surface area contributed by atoms with E-state index in [-0.39, 0.29) is 11.8 Å². The number of hydrogen-bond donors (Lipinski definition) is 2. The van der Waals surface area contributed by atoms with Crippen molar-refractivity contribution in [3.05, 3.63) is 49.1 Å². The summed E-state index contributed by atoms with van der Waals surface area (Å²) in [4.78, 5) is 32.4. The molecule has 1 atom stereocenters. The van der Waals surface area contributed by atoms with Crippen LogP contribution in [0.1, 0.15) is 6.42 Å². The maximum atomic E-state index is 12.0. The highest BCUT2D eigenvalue weighted by molar-refractivity contribution is 6.01. The van der Waals surface area contributed by atoms with Crippen molar-refractivity contribution >= 4 is 17.8 Å². The van der Waals surface area contributed by atoms with E-state index in [0.29, 0.717) is 37.0 Å². The molecule has 0 radical (unpaired) electrons. The van der Waals surface area contributed by atoms with Crippen LogP contribution in [0.25, 0.3) is 11.3 Å². The molecular formula is C20H20N6O4. The van der Waals surface area contributed by atoms with E-state index < -0.39 is 6.03 Å². The molecule has 3 aromatic heterocycles. The number of anilines is 1. The number of imide groups is 1. The van der Waals surface area contributed by atoms with Gasteiger partial charge in [0.25, 0.3) is 0 Å². The van der Waals surface area contributed by atoms with Gasteiger partial charge in [-0.1, -0.05) is 0 Å². The van der Waals surface area contributed by atoms with Crippen molar-refractivity contribution in [2.75, 3.05) is 18.5 Å².